The predicted octanol–water partition coefficient (Wildman–Crippen LogP) is 5.26. The molecule has 4 aliphatic carbocycles. The molecule has 158 valence electrons. The molecule has 0 saturated heterocycles. The third-order valence-electron chi connectivity index (χ3n) is 6.89. The van der Waals surface area contributed by atoms with Gasteiger partial charge in [-0.3, -0.25) is 0 Å². The summed E-state index contributed by atoms with van der Waals surface area (Å²) in [5, 5.41) is 0. The number of hydrogen-bond acceptors (Lipinski definition) is 3. The van der Waals surface area contributed by atoms with Gasteiger partial charge in [0.15, 0.2) is 5.60 Å². The number of halogens is 7. The molecular formula is C16H21F7O3S. The lowest BCUT2D eigenvalue weighted by Gasteiger charge is -2.62. The zero-order valence-corrected chi connectivity index (χ0v) is 15.4. The molecule has 4 rings (SSSR count). The minimum absolute atomic E-state index is 0.304. The van der Waals surface area contributed by atoms with E-state index in [2.05, 4.69) is 4.18 Å². The van der Waals surface area contributed by atoms with Gasteiger partial charge < -0.3 is 0 Å². The van der Waals surface area contributed by atoms with Gasteiger partial charge in [-0.25, -0.2) is 4.18 Å². The van der Waals surface area contributed by atoms with Crippen LogP contribution in [0.3, 0.4) is 0 Å². The van der Waals surface area contributed by atoms with Crippen LogP contribution in [-0.2, 0) is 14.3 Å². The molecule has 11 heteroatoms. The van der Waals surface area contributed by atoms with Crippen LogP contribution >= 0.6 is 0 Å². The van der Waals surface area contributed by atoms with Crippen molar-refractivity contribution >= 4 is 10.1 Å². The van der Waals surface area contributed by atoms with Crippen LogP contribution in [0.15, 0.2) is 0 Å². The van der Waals surface area contributed by atoms with Crippen molar-refractivity contribution in [1.82, 2.24) is 0 Å². The number of fused-ring (bicyclic) bond motifs is 3. The van der Waals surface area contributed by atoms with E-state index in [-0.39, 0.29) is 0 Å². The van der Waals surface area contributed by atoms with Crippen LogP contribution in [0, 0.1) is 17.3 Å². The van der Waals surface area contributed by atoms with Gasteiger partial charge in [-0.05, 0) is 50.4 Å². The van der Waals surface area contributed by atoms with E-state index >= 15 is 8.78 Å². The molecule has 3 nitrogen and oxygen atoms in total. The van der Waals surface area contributed by atoms with Crippen molar-refractivity contribution in [3.63, 3.8) is 0 Å². The molecule has 0 radical (unpaired) electrons. The second kappa shape index (κ2) is 5.96. The van der Waals surface area contributed by atoms with Crippen LogP contribution < -0.4 is 0 Å². The van der Waals surface area contributed by atoms with Crippen LogP contribution in [0.1, 0.15) is 58.3 Å². The Kier molecular flexibility index (Phi) is 4.67. The van der Waals surface area contributed by atoms with Crippen LogP contribution in [-0.4, -0.2) is 31.4 Å². The monoisotopic (exact) mass is 426 g/mol. The van der Waals surface area contributed by atoms with Gasteiger partial charge in [0, 0.05) is 5.41 Å². The fourth-order valence-corrected chi connectivity index (χ4v) is 5.98. The van der Waals surface area contributed by atoms with Crippen LogP contribution in [0.25, 0.3) is 0 Å². The molecule has 0 unspecified atom stereocenters. The van der Waals surface area contributed by atoms with E-state index in [9.17, 15) is 30.4 Å². The zero-order chi connectivity index (χ0) is 20.5. The summed E-state index contributed by atoms with van der Waals surface area (Å²) in [6.07, 6.45) is -0.725. The molecule has 0 atom stereocenters. The summed E-state index contributed by atoms with van der Waals surface area (Å²) in [6, 6.07) is 0. The maximum Gasteiger partial charge on any atom is 0.523 e. The first-order chi connectivity index (χ1) is 12.1. The quantitative estimate of drug-likeness (QED) is 0.351. The Hall–Kier alpha value is -0.580. The number of alkyl halides is 7. The van der Waals surface area contributed by atoms with Crippen molar-refractivity contribution in [1.29, 1.82) is 0 Å². The van der Waals surface area contributed by atoms with Gasteiger partial charge in [-0.15, -0.1) is 0 Å². The van der Waals surface area contributed by atoms with E-state index in [0.29, 0.717) is 31.6 Å². The van der Waals surface area contributed by atoms with E-state index in [1.165, 1.54) is 0 Å². The molecule has 0 amide bonds. The van der Waals surface area contributed by atoms with E-state index in [1.807, 2.05) is 6.92 Å². The Bertz CT molecular complexity index is 685. The summed E-state index contributed by atoms with van der Waals surface area (Å²) in [7, 11) is -6.43. The highest BCUT2D eigenvalue weighted by Gasteiger charge is 2.84. The summed E-state index contributed by atoms with van der Waals surface area (Å²) in [4.78, 5) is 0. The Morgan fingerprint density at radius 2 is 1.33 bits per heavy atom. The molecule has 0 heterocycles. The van der Waals surface area contributed by atoms with Crippen molar-refractivity contribution in [3.8, 4) is 0 Å². The zero-order valence-electron chi connectivity index (χ0n) is 14.6. The maximum atomic E-state index is 15.0. The first kappa shape index (κ1) is 21.1. The minimum Gasteiger partial charge on any atom is -0.250 e. The largest absolute Gasteiger partial charge is 0.523 e. The first-order valence-electron chi connectivity index (χ1n) is 8.89. The Labute approximate surface area is 152 Å². The maximum absolute atomic E-state index is 15.0. The molecule has 4 aliphatic rings. The van der Waals surface area contributed by atoms with Gasteiger partial charge in [0.2, 0.25) is 0 Å². The van der Waals surface area contributed by atoms with Gasteiger partial charge in [0.05, 0.1) is 0 Å². The molecular weight excluding hydrogens is 405 g/mol. The van der Waals surface area contributed by atoms with E-state index in [1.54, 1.807) is 0 Å². The summed E-state index contributed by atoms with van der Waals surface area (Å²) in [5.41, 5.74) is -11.4. The van der Waals surface area contributed by atoms with Crippen molar-refractivity contribution in [2.24, 2.45) is 17.3 Å². The average molecular weight is 426 g/mol. The molecule has 0 spiro atoms. The highest BCUT2D eigenvalue weighted by Crippen LogP contribution is 2.71. The summed E-state index contributed by atoms with van der Waals surface area (Å²) < 4.78 is 124. The standard InChI is InChI=1S/C16H21F7O3S/c1-10-2-4-11(5-3-10)12-6-8-13(9-7-12,15(19,20)14(12,17)18)26-27(24,25)16(21,22)23/h10-11H,2-9H2,1H3. The second-order valence-electron chi connectivity index (χ2n) is 8.24. The lowest BCUT2D eigenvalue weighted by Crippen LogP contribution is -2.75. The summed E-state index contributed by atoms with van der Waals surface area (Å²) >= 11 is 0. The predicted molar refractivity (Wildman–Crippen MR) is 80.7 cm³/mol. The molecule has 0 aromatic rings. The third-order valence-corrected chi connectivity index (χ3v) is 8.00. The highest BCUT2D eigenvalue weighted by molar-refractivity contribution is 7.87. The number of hydrogen-bond donors (Lipinski definition) is 0. The normalized spacial score (nSPS) is 41.5. The van der Waals surface area contributed by atoms with E-state index < -0.39 is 70.1 Å². The Morgan fingerprint density at radius 1 is 0.852 bits per heavy atom. The highest BCUT2D eigenvalue weighted by atomic mass is 32.2. The van der Waals surface area contributed by atoms with Gasteiger partial charge in [-0.2, -0.15) is 39.2 Å². The van der Waals surface area contributed by atoms with Gasteiger partial charge in [0.25, 0.3) is 0 Å². The van der Waals surface area contributed by atoms with E-state index in [0.717, 1.165) is 0 Å². The molecule has 0 aliphatic heterocycles. The topological polar surface area (TPSA) is 43.4 Å². The smallest absolute Gasteiger partial charge is 0.250 e. The Balaban J connectivity index is 1.97. The molecule has 0 aromatic heterocycles. The van der Waals surface area contributed by atoms with Gasteiger partial charge >= 0.3 is 27.5 Å². The van der Waals surface area contributed by atoms with Gasteiger partial charge in [0.1, 0.15) is 0 Å². The fourth-order valence-electron chi connectivity index (χ4n) is 5.20. The SMILES string of the molecule is CC1CCC(C23CCC(OS(=O)(=O)C(F)(F)F)(CC2)C(F)(F)C3(F)F)CC1. The average Bonchev–Trinajstić information content (AvgIpc) is 2.53. The van der Waals surface area contributed by atoms with Crippen molar-refractivity contribution in [2.45, 2.75) is 81.2 Å². The molecule has 4 fully saturated rings. The van der Waals surface area contributed by atoms with Crippen LogP contribution in [0.2, 0.25) is 0 Å². The molecule has 4 saturated carbocycles. The first-order valence-corrected chi connectivity index (χ1v) is 10.3. The van der Waals surface area contributed by atoms with Crippen LogP contribution in [0.4, 0.5) is 30.7 Å². The summed E-state index contributed by atoms with van der Waals surface area (Å²) in [5.74, 6) is -10.0. The number of rotatable bonds is 3. The summed E-state index contributed by atoms with van der Waals surface area (Å²) in [6.45, 7) is 1.95. The fraction of sp³-hybridized carbons (Fsp3) is 1.00. The van der Waals surface area contributed by atoms with Gasteiger partial charge in [-0.1, -0.05) is 19.8 Å². The van der Waals surface area contributed by atoms with Crippen molar-refractivity contribution in [3.05, 3.63) is 0 Å². The van der Waals surface area contributed by atoms with E-state index in [4.69, 9.17) is 0 Å². The lowest BCUT2D eigenvalue weighted by molar-refractivity contribution is -0.387. The third kappa shape index (κ3) is 2.73. The molecule has 27 heavy (non-hydrogen) atoms. The molecule has 2 bridgehead atoms. The van der Waals surface area contributed by atoms with Crippen molar-refractivity contribution < 1.29 is 43.3 Å². The minimum atomic E-state index is -6.43. The van der Waals surface area contributed by atoms with Crippen LogP contribution in [0.5, 0.6) is 0 Å². The Morgan fingerprint density at radius 3 is 1.78 bits per heavy atom. The lowest BCUT2D eigenvalue weighted by atomic mass is 9.48. The second-order valence-corrected chi connectivity index (χ2v) is 9.78. The molecule has 0 N–H and O–H groups in total. The molecule has 0 aromatic carbocycles. The van der Waals surface area contributed by atoms with Crippen molar-refractivity contribution in [2.75, 3.05) is 0 Å².